The summed E-state index contributed by atoms with van der Waals surface area (Å²) in [4.78, 5) is 27.5. The number of carbonyl (C=O) groups is 1. The van der Waals surface area contributed by atoms with Gasteiger partial charge in [-0.1, -0.05) is 6.42 Å². The molecule has 0 saturated carbocycles. The number of nitrogens with zero attached hydrogens (tertiary/aromatic N) is 1. The molecule has 0 radical (unpaired) electrons. The lowest BCUT2D eigenvalue weighted by molar-refractivity contribution is -0.162. The lowest BCUT2D eigenvalue weighted by Gasteiger charge is -2.11. The van der Waals surface area contributed by atoms with E-state index in [1.807, 2.05) is 0 Å². The Kier molecular flexibility index (Phi) is 5.95. The zero-order valence-corrected chi connectivity index (χ0v) is 8.98. The van der Waals surface area contributed by atoms with Crippen molar-refractivity contribution in [2.45, 2.75) is 26.2 Å². The minimum atomic E-state index is -3.89. The molecule has 0 fully saturated rings. The zero-order valence-electron chi connectivity index (χ0n) is 8.09. The monoisotopic (exact) mass is 225 g/mol. The first-order chi connectivity index (χ1) is 6.33. The fourth-order valence-corrected chi connectivity index (χ4v) is 1.55. The lowest BCUT2D eigenvalue weighted by atomic mass is 10.2. The average Bonchev–Trinajstić information content (AvgIpc) is 2.01. The highest BCUT2D eigenvalue weighted by molar-refractivity contribution is 7.51. The summed E-state index contributed by atoms with van der Waals surface area (Å²) in [5, 5.41) is 9.51. The molecule has 0 unspecified atom stereocenters. The molecule has 0 aromatic carbocycles. The maximum absolute atomic E-state index is 10.5. The van der Waals surface area contributed by atoms with Crippen LogP contribution >= 0.6 is 7.60 Å². The summed E-state index contributed by atoms with van der Waals surface area (Å²) in [6.07, 6.45) is 1.38. The van der Waals surface area contributed by atoms with E-state index in [1.54, 1.807) is 0 Å². The van der Waals surface area contributed by atoms with Crippen LogP contribution in [-0.2, 0) is 9.36 Å². The Bertz CT molecular complexity index is 226. The van der Waals surface area contributed by atoms with Crippen molar-refractivity contribution in [2.24, 2.45) is 0 Å². The van der Waals surface area contributed by atoms with Crippen LogP contribution < -0.4 is 0 Å². The van der Waals surface area contributed by atoms with Crippen LogP contribution in [0.3, 0.4) is 0 Å². The van der Waals surface area contributed by atoms with Gasteiger partial charge in [-0.15, -0.1) is 0 Å². The highest BCUT2D eigenvalue weighted by Crippen LogP contribution is 2.35. The van der Waals surface area contributed by atoms with E-state index >= 15 is 0 Å². The second kappa shape index (κ2) is 6.14. The van der Waals surface area contributed by atoms with Crippen molar-refractivity contribution in [3.8, 4) is 0 Å². The largest absolute Gasteiger partial charge is 0.325 e. The maximum Gasteiger partial charge on any atom is 0.325 e. The van der Waals surface area contributed by atoms with Crippen molar-refractivity contribution in [1.82, 2.24) is 5.06 Å². The van der Waals surface area contributed by atoms with Crippen molar-refractivity contribution in [3.05, 3.63) is 0 Å². The van der Waals surface area contributed by atoms with E-state index < -0.39 is 13.5 Å². The molecule has 0 heterocycles. The number of carbonyl (C=O) groups excluding carboxylic acids is 1. The predicted molar refractivity (Wildman–Crippen MR) is 49.9 cm³/mol. The Morgan fingerprint density at radius 2 is 1.86 bits per heavy atom. The fraction of sp³-hybridized carbons (Fsp3) is 0.857. The first-order valence-corrected chi connectivity index (χ1v) is 6.14. The molecule has 0 aliphatic carbocycles. The van der Waals surface area contributed by atoms with E-state index in [4.69, 9.17) is 15.0 Å². The summed E-state index contributed by atoms with van der Waals surface area (Å²) in [7, 11) is -3.89. The van der Waals surface area contributed by atoms with Gasteiger partial charge in [0.05, 0.1) is 0 Å². The van der Waals surface area contributed by atoms with Gasteiger partial charge in [-0.2, -0.15) is 0 Å². The second-order valence-electron chi connectivity index (χ2n) is 3.09. The van der Waals surface area contributed by atoms with E-state index in [1.165, 1.54) is 6.92 Å². The zero-order chi connectivity index (χ0) is 11.2. The van der Waals surface area contributed by atoms with E-state index in [0.717, 1.165) is 0 Å². The Morgan fingerprint density at radius 3 is 2.29 bits per heavy atom. The van der Waals surface area contributed by atoms with Crippen molar-refractivity contribution in [3.63, 3.8) is 0 Å². The molecule has 0 spiro atoms. The molecule has 0 aliphatic rings. The molecule has 7 heteroatoms. The van der Waals surface area contributed by atoms with Gasteiger partial charge < -0.3 is 9.79 Å². The Balaban J connectivity index is 3.39. The molecule has 0 rings (SSSR count). The highest BCUT2D eigenvalue weighted by atomic mass is 31.2. The smallest absolute Gasteiger partial charge is 0.324 e. The molecule has 0 aromatic rings. The van der Waals surface area contributed by atoms with Crippen molar-refractivity contribution >= 4 is 13.5 Å². The first kappa shape index (κ1) is 13.6. The molecule has 1 amide bonds. The summed E-state index contributed by atoms with van der Waals surface area (Å²) in [6, 6.07) is 0. The molecule has 14 heavy (non-hydrogen) atoms. The summed E-state index contributed by atoms with van der Waals surface area (Å²) in [5.41, 5.74) is 0. The van der Waals surface area contributed by atoms with E-state index in [0.29, 0.717) is 24.3 Å². The molecule has 0 aromatic heterocycles. The van der Waals surface area contributed by atoms with Gasteiger partial charge in [-0.25, -0.2) is 5.06 Å². The van der Waals surface area contributed by atoms with Gasteiger partial charge in [-0.3, -0.25) is 14.6 Å². The van der Waals surface area contributed by atoms with Gasteiger partial charge in [0.25, 0.3) is 0 Å². The molecule has 0 aliphatic heterocycles. The summed E-state index contributed by atoms with van der Waals surface area (Å²) in [6.45, 7) is 1.45. The topological polar surface area (TPSA) is 98.1 Å². The molecule has 0 saturated heterocycles. The SMILES string of the molecule is CC(=O)N(O)CCCCCP(=O)(O)O. The van der Waals surface area contributed by atoms with Crippen molar-refractivity contribution in [2.75, 3.05) is 12.7 Å². The van der Waals surface area contributed by atoms with Gasteiger partial charge >= 0.3 is 7.60 Å². The van der Waals surface area contributed by atoms with Gasteiger partial charge in [0.15, 0.2) is 0 Å². The number of amides is 1. The third kappa shape index (κ3) is 8.19. The minimum absolute atomic E-state index is 0.140. The summed E-state index contributed by atoms with van der Waals surface area (Å²) < 4.78 is 10.4. The van der Waals surface area contributed by atoms with Crippen LogP contribution in [0, 0.1) is 0 Å². The predicted octanol–water partition coefficient (Wildman–Crippen LogP) is 0.572. The van der Waals surface area contributed by atoms with Crippen LogP contribution in [0.4, 0.5) is 0 Å². The normalized spacial score (nSPS) is 11.4. The number of hydrogen-bond donors (Lipinski definition) is 3. The number of rotatable bonds is 6. The highest BCUT2D eigenvalue weighted by Gasteiger charge is 2.11. The molecular formula is C7H16NO5P. The van der Waals surface area contributed by atoms with E-state index in [9.17, 15) is 9.36 Å². The molecule has 6 nitrogen and oxygen atoms in total. The van der Waals surface area contributed by atoms with Gasteiger partial charge in [0.2, 0.25) is 5.91 Å². The quantitative estimate of drug-likeness (QED) is 0.266. The Labute approximate surface area is 82.6 Å². The van der Waals surface area contributed by atoms with E-state index in [2.05, 4.69) is 0 Å². The standard InChI is InChI=1S/C7H16NO5P/c1-7(9)8(10)5-3-2-4-6-14(11,12)13/h10H,2-6H2,1H3,(H2,11,12,13). The fourth-order valence-electron chi connectivity index (χ4n) is 0.914. The third-order valence-electron chi connectivity index (χ3n) is 1.68. The number of hydroxylamine groups is 2. The van der Waals surface area contributed by atoms with Gasteiger partial charge in [-0.05, 0) is 12.8 Å². The van der Waals surface area contributed by atoms with Gasteiger partial charge in [0.1, 0.15) is 0 Å². The van der Waals surface area contributed by atoms with Crippen LogP contribution in [0.5, 0.6) is 0 Å². The van der Waals surface area contributed by atoms with E-state index in [-0.39, 0.29) is 12.7 Å². The molecule has 0 bridgehead atoms. The summed E-state index contributed by atoms with van der Waals surface area (Å²) in [5.74, 6) is -0.431. The summed E-state index contributed by atoms with van der Waals surface area (Å²) >= 11 is 0. The van der Waals surface area contributed by atoms with Crippen LogP contribution in [0.2, 0.25) is 0 Å². The lowest BCUT2D eigenvalue weighted by Crippen LogP contribution is -2.25. The Hall–Kier alpha value is -0.420. The van der Waals surface area contributed by atoms with Crippen LogP contribution in [0.15, 0.2) is 0 Å². The average molecular weight is 225 g/mol. The molecule has 84 valence electrons. The molecule has 0 atom stereocenters. The second-order valence-corrected chi connectivity index (χ2v) is 4.87. The minimum Gasteiger partial charge on any atom is -0.324 e. The molecular weight excluding hydrogens is 209 g/mol. The van der Waals surface area contributed by atoms with Crippen LogP contribution in [0.1, 0.15) is 26.2 Å². The molecule has 3 N–H and O–H groups in total. The number of unbranched alkanes of at least 4 members (excludes halogenated alkanes) is 2. The van der Waals surface area contributed by atoms with Gasteiger partial charge in [0, 0.05) is 19.6 Å². The van der Waals surface area contributed by atoms with Crippen molar-refractivity contribution < 1.29 is 24.4 Å². The third-order valence-corrected chi connectivity index (χ3v) is 2.58. The number of hydrogen-bond acceptors (Lipinski definition) is 3. The maximum atomic E-state index is 10.5. The first-order valence-electron chi connectivity index (χ1n) is 4.34. The Morgan fingerprint density at radius 1 is 1.29 bits per heavy atom. The van der Waals surface area contributed by atoms with Crippen LogP contribution in [0.25, 0.3) is 0 Å². The van der Waals surface area contributed by atoms with Crippen molar-refractivity contribution in [1.29, 1.82) is 0 Å². The van der Waals surface area contributed by atoms with Crippen LogP contribution in [-0.4, -0.2) is 38.7 Å².